The molecule has 0 amide bonds. The third-order valence-electron chi connectivity index (χ3n) is 2.53. The van der Waals surface area contributed by atoms with Crippen LogP contribution in [0.4, 0.5) is 8.78 Å². The standard InChI is InChI=1S/C13H13F2N3/c1-2-18-13(9-3-11(14)7-16-5-9)10-4-12(15)8-17-6-10/h3-8,13,18H,2H2,1H3. The molecule has 0 saturated carbocycles. The Kier molecular flexibility index (Phi) is 3.94. The molecule has 0 unspecified atom stereocenters. The van der Waals surface area contributed by atoms with Crippen LogP contribution in [0.2, 0.25) is 0 Å². The summed E-state index contributed by atoms with van der Waals surface area (Å²) in [6.07, 6.45) is 5.38. The molecule has 0 saturated heterocycles. The number of hydrogen-bond donors (Lipinski definition) is 1. The lowest BCUT2D eigenvalue weighted by Gasteiger charge is -2.18. The summed E-state index contributed by atoms with van der Waals surface area (Å²) in [5, 5.41) is 3.16. The van der Waals surface area contributed by atoms with Gasteiger partial charge in [0.25, 0.3) is 0 Å². The van der Waals surface area contributed by atoms with Gasteiger partial charge in [0.05, 0.1) is 18.4 Å². The Morgan fingerprint density at radius 3 is 1.89 bits per heavy atom. The molecule has 2 aromatic heterocycles. The van der Waals surface area contributed by atoms with Gasteiger partial charge in [0.1, 0.15) is 11.6 Å². The van der Waals surface area contributed by atoms with Crippen LogP contribution in [0.5, 0.6) is 0 Å². The molecule has 2 heterocycles. The van der Waals surface area contributed by atoms with E-state index in [1.807, 2.05) is 6.92 Å². The van der Waals surface area contributed by atoms with E-state index in [2.05, 4.69) is 15.3 Å². The van der Waals surface area contributed by atoms with Crippen molar-refractivity contribution in [1.82, 2.24) is 15.3 Å². The summed E-state index contributed by atoms with van der Waals surface area (Å²) in [5.41, 5.74) is 1.29. The fourth-order valence-electron chi connectivity index (χ4n) is 1.80. The summed E-state index contributed by atoms with van der Waals surface area (Å²) in [6, 6.07) is 2.44. The van der Waals surface area contributed by atoms with Crippen LogP contribution in [0, 0.1) is 11.6 Å². The van der Waals surface area contributed by atoms with E-state index in [-0.39, 0.29) is 6.04 Å². The summed E-state index contributed by atoms with van der Waals surface area (Å²) in [6.45, 7) is 2.59. The summed E-state index contributed by atoms with van der Waals surface area (Å²) in [7, 11) is 0. The Morgan fingerprint density at radius 1 is 1.00 bits per heavy atom. The molecule has 0 fully saturated rings. The van der Waals surface area contributed by atoms with E-state index in [0.717, 1.165) is 12.4 Å². The van der Waals surface area contributed by atoms with E-state index in [9.17, 15) is 8.78 Å². The molecule has 5 heteroatoms. The number of hydrogen-bond acceptors (Lipinski definition) is 3. The van der Waals surface area contributed by atoms with Crippen molar-refractivity contribution in [2.24, 2.45) is 0 Å². The van der Waals surface area contributed by atoms with Crippen LogP contribution in [-0.4, -0.2) is 16.5 Å². The highest BCUT2D eigenvalue weighted by atomic mass is 19.1. The maximum absolute atomic E-state index is 13.2. The maximum Gasteiger partial charge on any atom is 0.141 e. The number of nitrogens with zero attached hydrogens (tertiary/aromatic N) is 2. The van der Waals surface area contributed by atoms with Gasteiger partial charge in [-0.2, -0.15) is 0 Å². The predicted octanol–water partition coefficient (Wildman–Crippen LogP) is 2.45. The summed E-state index contributed by atoms with van der Waals surface area (Å²) < 4.78 is 26.4. The fourth-order valence-corrected chi connectivity index (χ4v) is 1.80. The number of rotatable bonds is 4. The quantitative estimate of drug-likeness (QED) is 0.904. The minimum Gasteiger partial charge on any atom is -0.306 e. The average molecular weight is 249 g/mol. The Hall–Kier alpha value is -1.88. The van der Waals surface area contributed by atoms with Crippen LogP contribution < -0.4 is 5.32 Å². The molecule has 0 aliphatic rings. The molecule has 3 nitrogen and oxygen atoms in total. The second-order valence-electron chi connectivity index (χ2n) is 3.86. The fraction of sp³-hybridized carbons (Fsp3) is 0.231. The lowest BCUT2D eigenvalue weighted by molar-refractivity contribution is 0.584. The zero-order valence-electron chi connectivity index (χ0n) is 9.90. The maximum atomic E-state index is 13.2. The minimum atomic E-state index is -0.417. The van der Waals surface area contributed by atoms with Gasteiger partial charge < -0.3 is 5.32 Å². The highest BCUT2D eigenvalue weighted by Gasteiger charge is 2.15. The lowest BCUT2D eigenvalue weighted by Crippen LogP contribution is -2.22. The van der Waals surface area contributed by atoms with E-state index in [1.165, 1.54) is 12.1 Å². The molecule has 0 aromatic carbocycles. The lowest BCUT2D eigenvalue weighted by atomic mass is 10.0. The van der Waals surface area contributed by atoms with Crippen molar-refractivity contribution in [3.8, 4) is 0 Å². The Morgan fingerprint density at radius 2 is 1.50 bits per heavy atom. The molecule has 0 radical (unpaired) electrons. The Bertz CT molecular complexity index is 486. The van der Waals surface area contributed by atoms with Crippen molar-refractivity contribution >= 4 is 0 Å². The van der Waals surface area contributed by atoms with E-state index in [0.29, 0.717) is 17.7 Å². The monoisotopic (exact) mass is 249 g/mol. The number of aromatic nitrogens is 2. The average Bonchev–Trinajstić information content (AvgIpc) is 2.36. The number of pyridine rings is 2. The first-order valence-corrected chi connectivity index (χ1v) is 5.65. The molecule has 18 heavy (non-hydrogen) atoms. The van der Waals surface area contributed by atoms with Crippen LogP contribution in [0.3, 0.4) is 0 Å². The zero-order valence-corrected chi connectivity index (χ0v) is 9.90. The first-order valence-electron chi connectivity index (χ1n) is 5.65. The highest BCUT2D eigenvalue weighted by Crippen LogP contribution is 2.21. The van der Waals surface area contributed by atoms with Crippen molar-refractivity contribution in [1.29, 1.82) is 0 Å². The predicted molar refractivity (Wildman–Crippen MR) is 63.9 cm³/mol. The number of nitrogens with one attached hydrogen (secondary N) is 1. The van der Waals surface area contributed by atoms with Gasteiger partial charge in [-0.1, -0.05) is 6.92 Å². The van der Waals surface area contributed by atoms with Crippen LogP contribution >= 0.6 is 0 Å². The Balaban J connectivity index is 2.39. The SMILES string of the molecule is CCNC(c1cncc(F)c1)c1cncc(F)c1. The van der Waals surface area contributed by atoms with Gasteiger partial charge in [-0.15, -0.1) is 0 Å². The van der Waals surface area contributed by atoms with Crippen molar-refractivity contribution in [3.63, 3.8) is 0 Å². The third kappa shape index (κ3) is 2.87. The number of halogens is 2. The molecule has 0 aliphatic carbocycles. The molecule has 0 aliphatic heterocycles. The third-order valence-corrected chi connectivity index (χ3v) is 2.53. The van der Waals surface area contributed by atoms with Crippen molar-refractivity contribution in [2.45, 2.75) is 13.0 Å². The molecule has 0 spiro atoms. The second-order valence-corrected chi connectivity index (χ2v) is 3.86. The van der Waals surface area contributed by atoms with Crippen molar-refractivity contribution in [3.05, 3.63) is 59.7 Å². The van der Waals surface area contributed by atoms with Crippen LogP contribution in [0.1, 0.15) is 24.1 Å². The zero-order chi connectivity index (χ0) is 13.0. The van der Waals surface area contributed by atoms with Crippen molar-refractivity contribution in [2.75, 3.05) is 6.54 Å². The first-order chi connectivity index (χ1) is 8.70. The molecule has 0 bridgehead atoms. The van der Waals surface area contributed by atoms with Gasteiger partial charge in [0, 0.05) is 12.4 Å². The second kappa shape index (κ2) is 5.64. The van der Waals surface area contributed by atoms with Crippen molar-refractivity contribution < 1.29 is 8.78 Å². The first kappa shape index (κ1) is 12.6. The van der Waals surface area contributed by atoms with Gasteiger partial charge in [-0.25, -0.2) is 8.78 Å². The smallest absolute Gasteiger partial charge is 0.141 e. The summed E-state index contributed by atoms with van der Waals surface area (Å²) in [5.74, 6) is -0.834. The van der Waals surface area contributed by atoms with E-state index >= 15 is 0 Å². The molecular formula is C13H13F2N3. The van der Waals surface area contributed by atoms with Gasteiger partial charge in [0.2, 0.25) is 0 Å². The van der Waals surface area contributed by atoms with Gasteiger partial charge in [-0.05, 0) is 29.8 Å². The van der Waals surface area contributed by atoms with Gasteiger partial charge in [0.15, 0.2) is 0 Å². The Labute approximate surface area is 104 Å². The largest absolute Gasteiger partial charge is 0.306 e. The van der Waals surface area contributed by atoms with Gasteiger partial charge >= 0.3 is 0 Å². The normalized spacial score (nSPS) is 10.9. The van der Waals surface area contributed by atoms with Crippen LogP contribution in [0.25, 0.3) is 0 Å². The molecule has 1 N–H and O–H groups in total. The minimum absolute atomic E-state index is 0.318. The highest BCUT2D eigenvalue weighted by molar-refractivity contribution is 5.28. The molecule has 0 atom stereocenters. The van der Waals surface area contributed by atoms with E-state index in [1.54, 1.807) is 12.4 Å². The molecule has 2 rings (SSSR count). The van der Waals surface area contributed by atoms with E-state index < -0.39 is 11.6 Å². The summed E-state index contributed by atoms with van der Waals surface area (Å²) >= 11 is 0. The van der Waals surface area contributed by atoms with Crippen LogP contribution in [-0.2, 0) is 0 Å². The molecule has 94 valence electrons. The van der Waals surface area contributed by atoms with Crippen LogP contribution in [0.15, 0.2) is 36.9 Å². The summed E-state index contributed by atoms with van der Waals surface area (Å²) in [4.78, 5) is 7.61. The van der Waals surface area contributed by atoms with Gasteiger partial charge in [-0.3, -0.25) is 9.97 Å². The van der Waals surface area contributed by atoms with E-state index in [4.69, 9.17) is 0 Å². The molecule has 2 aromatic rings. The topological polar surface area (TPSA) is 37.8 Å². The molecular weight excluding hydrogens is 236 g/mol.